The van der Waals surface area contributed by atoms with E-state index in [4.69, 9.17) is 5.84 Å². The van der Waals surface area contributed by atoms with Crippen molar-refractivity contribution < 1.29 is 14.4 Å². The highest BCUT2D eigenvalue weighted by atomic mass is 16.2. The van der Waals surface area contributed by atoms with Crippen molar-refractivity contribution in [3.63, 3.8) is 0 Å². The van der Waals surface area contributed by atoms with Crippen LogP contribution in [-0.2, 0) is 9.59 Å². The van der Waals surface area contributed by atoms with Gasteiger partial charge in [0.25, 0.3) is 11.8 Å². The number of nitrogens with two attached hydrogens (primary N) is 1. The van der Waals surface area contributed by atoms with Gasteiger partial charge in [-0.05, 0) is 24.5 Å². The normalized spacial score (nSPS) is 11.6. The van der Waals surface area contributed by atoms with Crippen LogP contribution in [0.4, 0.5) is 0 Å². The van der Waals surface area contributed by atoms with Crippen molar-refractivity contribution in [1.82, 2.24) is 16.1 Å². The fourth-order valence-electron chi connectivity index (χ4n) is 1.90. The first kappa shape index (κ1) is 17.6. The quantitative estimate of drug-likeness (QED) is 0.321. The molecule has 0 radical (unpaired) electrons. The second-order valence-corrected chi connectivity index (χ2v) is 5.31. The summed E-state index contributed by atoms with van der Waals surface area (Å²) in [6.45, 7) is 3.65. The Morgan fingerprint density at radius 3 is 2.32 bits per heavy atom. The highest BCUT2D eigenvalue weighted by Gasteiger charge is 2.21. The van der Waals surface area contributed by atoms with Crippen molar-refractivity contribution in [2.24, 2.45) is 11.8 Å². The Morgan fingerprint density at radius 2 is 1.77 bits per heavy atom. The van der Waals surface area contributed by atoms with Gasteiger partial charge in [-0.25, -0.2) is 5.84 Å². The number of carbonyl (C=O) groups excluding carboxylic acids is 3. The molecule has 1 atom stereocenters. The third kappa shape index (κ3) is 5.92. The minimum atomic E-state index is -0.717. The van der Waals surface area contributed by atoms with Crippen LogP contribution < -0.4 is 21.9 Å². The summed E-state index contributed by atoms with van der Waals surface area (Å²) in [6.07, 6.45) is 0.460. The van der Waals surface area contributed by atoms with Crippen LogP contribution in [0.5, 0.6) is 0 Å². The molecule has 0 bridgehead atoms. The molecule has 0 fully saturated rings. The molecule has 0 aromatic heterocycles. The molecule has 0 aliphatic rings. The zero-order valence-corrected chi connectivity index (χ0v) is 12.8. The zero-order chi connectivity index (χ0) is 16.5. The van der Waals surface area contributed by atoms with Crippen molar-refractivity contribution >= 4 is 17.7 Å². The first-order chi connectivity index (χ1) is 10.4. The molecular formula is C15H22N4O3. The lowest BCUT2D eigenvalue weighted by Gasteiger charge is -2.19. The number of amides is 3. The summed E-state index contributed by atoms with van der Waals surface area (Å²) in [5, 5.41) is 5.06. The Kier molecular flexibility index (Phi) is 7.04. The predicted octanol–water partition coefficient (Wildman–Crippen LogP) is -0.0628. The summed E-state index contributed by atoms with van der Waals surface area (Å²) in [4.78, 5) is 35.3. The van der Waals surface area contributed by atoms with E-state index in [1.165, 1.54) is 0 Å². The van der Waals surface area contributed by atoms with Gasteiger partial charge >= 0.3 is 0 Å². The summed E-state index contributed by atoms with van der Waals surface area (Å²) >= 11 is 0. The van der Waals surface area contributed by atoms with Crippen LogP contribution in [0.2, 0.25) is 0 Å². The van der Waals surface area contributed by atoms with Crippen LogP contribution in [0, 0.1) is 5.92 Å². The number of nitrogens with one attached hydrogen (secondary N) is 3. The fourth-order valence-corrected chi connectivity index (χ4v) is 1.90. The van der Waals surface area contributed by atoms with Gasteiger partial charge in [-0.2, -0.15) is 0 Å². The van der Waals surface area contributed by atoms with E-state index < -0.39 is 17.9 Å². The van der Waals surface area contributed by atoms with Crippen LogP contribution in [-0.4, -0.2) is 30.3 Å². The van der Waals surface area contributed by atoms with Crippen LogP contribution in [0.3, 0.4) is 0 Å². The summed E-state index contributed by atoms with van der Waals surface area (Å²) in [7, 11) is 0. The van der Waals surface area contributed by atoms with Gasteiger partial charge < -0.3 is 10.6 Å². The minimum Gasteiger partial charge on any atom is -0.343 e. The molecule has 7 heteroatoms. The Hall–Kier alpha value is -2.41. The van der Waals surface area contributed by atoms with E-state index in [0.717, 1.165) is 0 Å². The van der Waals surface area contributed by atoms with Crippen molar-refractivity contribution in [2.75, 3.05) is 6.54 Å². The first-order valence-electron chi connectivity index (χ1n) is 7.07. The van der Waals surface area contributed by atoms with E-state index in [1.54, 1.807) is 30.3 Å². The van der Waals surface area contributed by atoms with E-state index in [1.807, 2.05) is 19.3 Å². The SMILES string of the molecule is CC(C)CC(NC(=O)CNC(=O)c1ccccc1)C(=O)NN. The maximum Gasteiger partial charge on any atom is 0.256 e. The predicted molar refractivity (Wildman–Crippen MR) is 82.5 cm³/mol. The van der Waals surface area contributed by atoms with E-state index in [-0.39, 0.29) is 18.4 Å². The largest absolute Gasteiger partial charge is 0.343 e. The highest BCUT2D eigenvalue weighted by molar-refractivity contribution is 5.97. The van der Waals surface area contributed by atoms with E-state index >= 15 is 0 Å². The highest BCUT2D eigenvalue weighted by Crippen LogP contribution is 2.04. The molecule has 0 spiro atoms. The lowest BCUT2D eigenvalue weighted by atomic mass is 10.0. The van der Waals surface area contributed by atoms with Crippen molar-refractivity contribution in [3.8, 4) is 0 Å². The van der Waals surface area contributed by atoms with Gasteiger partial charge in [0.2, 0.25) is 5.91 Å². The van der Waals surface area contributed by atoms with Crippen molar-refractivity contribution in [1.29, 1.82) is 0 Å². The van der Waals surface area contributed by atoms with Crippen LogP contribution in [0.25, 0.3) is 0 Å². The molecule has 1 aromatic rings. The lowest BCUT2D eigenvalue weighted by Crippen LogP contribution is -2.51. The number of benzene rings is 1. The monoisotopic (exact) mass is 306 g/mol. The van der Waals surface area contributed by atoms with E-state index in [2.05, 4.69) is 10.6 Å². The number of hydrogen-bond donors (Lipinski definition) is 4. The second-order valence-electron chi connectivity index (χ2n) is 5.31. The third-order valence-corrected chi connectivity index (χ3v) is 2.95. The molecule has 5 N–H and O–H groups in total. The molecule has 120 valence electrons. The third-order valence-electron chi connectivity index (χ3n) is 2.95. The Balaban J connectivity index is 2.50. The molecule has 0 heterocycles. The first-order valence-corrected chi connectivity index (χ1v) is 7.07. The van der Waals surface area contributed by atoms with Gasteiger partial charge in [-0.15, -0.1) is 0 Å². The van der Waals surface area contributed by atoms with Gasteiger partial charge in [0, 0.05) is 5.56 Å². The van der Waals surface area contributed by atoms with Gasteiger partial charge in [-0.1, -0.05) is 32.0 Å². The molecular weight excluding hydrogens is 284 g/mol. The maximum atomic E-state index is 11.8. The average molecular weight is 306 g/mol. The zero-order valence-electron chi connectivity index (χ0n) is 12.8. The average Bonchev–Trinajstić information content (AvgIpc) is 2.51. The van der Waals surface area contributed by atoms with Crippen molar-refractivity contribution in [2.45, 2.75) is 26.3 Å². The molecule has 7 nitrogen and oxygen atoms in total. The van der Waals surface area contributed by atoms with Gasteiger partial charge in [0.1, 0.15) is 6.04 Å². The van der Waals surface area contributed by atoms with Gasteiger partial charge in [0.05, 0.1) is 6.54 Å². The number of hydrazine groups is 1. The maximum absolute atomic E-state index is 11.8. The van der Waals surface area contributed by atoms with E-state index in [9.17, 15) is 14.4 Å². The molecule has 3 amide bonds. The molecule has 22 heavy (non-hydrogen) atoms. The summed E-state index contributed by atoms with van der Waals surface area (Å²) in [6, 6.07) is 7.85. The second kappa shape index (κ2) is 8.78. The lowest BCUT2D eigenvalue weighted by molar-refractivity contribution is -0.128. The Labute approximate surface area is 129 Å². The van der Waals surface area contributed by atoms with Crippen LogP contribution in [0.1, 0.15) is 30.6 Å². The molecule has 0 saturated carbocycles. The van der Waals surface area contributed by atoms with Gasteiger partial charge in [-0.3, -0.25) is 19.8 Å². The summed E-state index contributed by atoms with van der Waals surface area (Å²) in [5.74, 6) is 4.06. The van der Waals surface area contributed by atoms with E-state index in [0.29, 0.717) is 12.0 Å². The molecule has 1 rings (SSSR count). The van der Waals surface area contributed by atoms with Gasteiger partial charge in [0.15, 0.2) is 0 Å². The topological polar surface area (TPSA) is 113 Å². The fraction of sp³-hybridized carbons (Fsp3) is 0.400. The number of rotatable bonds is 7. The molecule has 0 aliphatic heterocycles. The Bertz CT molecular complexity index is 517. The van der Waals surface area contributed by atoms with Crippen LogP contribution >= 0.6 is 0 Å². The smallest absolute Gasteiger partial charge is 0.256 e. The molecule has 1 unspecified atom stereocenters. The standard InChI is InChI=1S/C15H22N4O3/c1-10(2)8-12(15(22)19-16)18-13(20)9-17-14(21)11-6-4-3-5-7-11/h3-7,10,12H,8-9,16H2,1-2H3,(H,17,21)(H,18,20)(H,19,22). The summed E-state index contributed by atoms with van der Waals surface area (Å²) in [5.41, 5.74) is 2.49. The molecule has 1 aromatic carbocycles. The minimum absolute atomic E-state index is 0.208. The number of carbonyl (C=O) groups is 3. The van der Waals surface area contributed by atoms with Crippen molar-refractivity contribution in [3.05, 3.63) is 35.9 Å². The number of hydrogen-bond acceptors (Lipinski definition) is 4. The van der Waals surface area contributed by atoms with Crippen LogP contribution in [0.15, 0.2) is 30.3 Å². The molecule has 0 saturated heterocycles. The molecule has 0 aliphatic carbocycles. The Morgan fingerprint density at radius 1 is 1.14 bits per heavy atom. The summed E-state index contributed by atoms with van der Waals surface area (Å²) < 4.78 is 0.